The van der Waals surface area contributed by atoms with Crippen LogP contribution in [0.2, 0.25) is 0 Å². The Morgan fingerprint density at radius 2 is 1.18 bits per heavy atom. The van der Waals surface area contributed by atoms with Crippen LogP contribution in [-0.2, 0) is 10.0 Å². The lowest BCUT2D eigenvalue weighted by Gasteiger charge is -2.30. The van der Waals surface area contributed by atoms with Gasteiger partial charge in [-0.15, -0.1) is 0 Å². The SMILES string of the molecule is CC(C)c1cc(C(C)C)c(S(=O)(=O)NC2c3ccccc3Oc3ccccc32)c(C(C)C)c1. The van der Waals surface area contributed by atoms with Crippen LogP contribution in [0.15, 0.2) is 65.6 Å². The molecule has 3 aromatic carbocycles. The molecule has 0 radical (unpaired) electrons. The van der Waals surface area contributed by atoms with Crippen molar-refractivity contribution in [1.29, 1.82) is 0 Å². The maximum absolute atomic E-state index is 14.1. The summed E-state index contributed by atoms with van der Waals surface area (Å²) in [6.45, 7) is 12.5. The van der Waals surface area contributed by atoms with Crippen LogP contribution < -0.4 is 9.46 Å². The molecule has 0 saturated heterocycles. The standard InChI is InChI=1S/C28H33NO3S/c1-17(2)20-15-23(18(3)4)28(24(16-20)19(5)6)33(30,31)29-27-21-11-7-9-13-25(21)32-26-14-10-8-12-22(26)27/h7-19,27,29H,1-6H3. The number of nitrogens with one attached hydrogen (secondary N) is 1. The minimum Gasteiger partial charge on any atom is -0.457 e. The van der Waals surface area contributed by atoms with Crippen molar-refractivity contribution in [1.82, 2.24) is 4.72 Å². The van der Waals surface area contributed by atoms with Crippen LogP contribution in [0.5, 0.6) is 11.5 Å². The van der Waals surface area contributed by atoms with Crippen LogP contribution in [-0.4, -0.2) is 8.42 Å². The monoisotopic (exact) mass is 463 g/mol. The Morgan fingerprint density at radius 1 is 0.727 bits per heavy atom. The topological polar surface area (TPSA) is 55.4 Å². The number of hydrogen-bond donors (Lipinski definition) is 1. The average Bonchev–Trinajstić information content (AvgIpc) is 2.77. The van der Waals surface area contributed by atoms with Crippen molar-refractivity contribution in [3.63, 3.8) is 0 Å². The highest BCUT2D eigenvalue weighted by Gasteiger charge is 2.34. The zero-order valence-corrected chi connectivity index (χ0v) is 21.0. The number of ether oxygens (including phenoxy) is 1. The third-order valence-corrected chi connectivity index (χ3v) is 7.86. The Bertz CT molecular complexity index is 1200. The van der Waals surface area contributed by atoms with Crippen LogP contribution in [0.4, 0.5) is 0 Å². The van der Waals surface area contributed by atoms with Gasteiger partial charge in [0.15, 0.2) is 0 Å². The molecule has 33 heavy (non-hydrogen) atoms. The van der Waals surface area contributed by atoms with E-state index in [4.69, 9.17) is 4.74 Å². The minimum absolute atomic E-state index is 0.0713. The van der Waals surface area contributed by atoms with Crippen LogP contribution in [0.1, 0.15) is 93.2 Å². The molecule has 0 spiro atoms. The summed E-state index contributed by atoms with van der Waals surface area (Å²) < 4.78 is 37.3. The second-order valence-electron chi connectivity index (χ2n) is 9.72. The largest absolute Gasteiger partial charge is 0.457 e. The van der Waals surface area contributed by atoms with Gasteiger partial charge in [-0.3, -0.25) is 0 Å². The van der Waals surface area contributed by atoms with E-state index in [9.17, 15) is 8.42 Å². The molecule has 4 rings (SSSR count). The van der Waals surface area contributed by atoms with E-state index >= 15 is 0 Å². The predicted molar refractivity (Wildman–Crippen MR) is 134 cm³/mol. The highest BCUT2D eigenvalue weighted by atomic mass is 32.2. The summed E-state index contributed by atoms with van der Waals surface area (Å²) in [6, 6.07) is 18.8. The molecule has 0 unspecified atom stereocenters. The van der Waals surface area contributed by atoms with E-state index < -0.39 is 16.1 Å². The van der Waals surface area contributed by atoms with Crippen molar-refractivity contribution in [3.05, 3.63) is 88.5 Å². The molecule has 1 aliphatic rings. The molecule has 1 heterocycles. The Balaban J connectivity index is 1.89. The Kier molecular flexibility index (Phi) is 6.39. The maximum atomic E-state index is 14.1. The van der Waals surface area contributed by atoms with Crippen molar-refractivity contribution in [2.75, 3.05) is 0 Å². The zero-order chi connectivity index (χ0) is 23.9. The molecule has 0 aromatic heterocycles. The van der Waals surface area contributed by atoms with Gasteiger partial charge >= 0.3 is 0 Å². The molecule has 4 nitrogen and oxygen atoms in total. The summed E-state index contributed by atoms with van der Waals surface area (Å²) >= 11 is 0. The lowest BCUT2D eigenvalue weighted by atomic mass is 9.89. The van der Waals surface area contributed by atoms with Gasteiger partial charge in [0.1, 0.15) is 11.5 Å². The van der Waals surface area contributed by atoms with E-state index in [-0.39, 0.29) is 11.8 Å². The highest BCUT2D eigenvalue weighted by molar-refractivity contribution is 7.89. The molecule has 0 aliphatic carbocycles. The fraction of sp³-hybridized carbons (Fsp3) is 0.357. The summed E-state index contributed by atoms with van der Waals surface area (Å²) in [4.78, 5) is 0.415. The molecule has 5 heteroatoms. The molecule has 0 bridgehead atoms. The molecule has 174 valence electrons. The molecule has 3 aromatic rings. The van der Waals surface area contributed by atoms with Gasteiger partial charge in [-0.2, -0.15) is 4.72 Å². The smallest absolute Gasteiger partial charge is 0.242 e. The van der Waals surface area contributed by atoms with E-state index in [2.05, 4.69) is 58.4 Å². The van der Waals surface area contributed by atoms with Gasteiger partial charge in [-0.05, 0) is 46.6 Å². The number of rotatable bonds is 6. The maximum Gasteiger partial charge on any atom is 0.242 e. The first-order chi connectivity index (χ1) is 15.6. The number of fused-ring (bicyclic) bond motifs is 2. The number of hydrogen-bond acceptors (Lipinski definition) is 3. The first-order valence-electron chi connectivity index (χ1n) is 11.7. The van der Waals surface area contributed by atoms with E-state index in [1.54, 1.807) is 0 Å². The third-order valence-electron chi connectivity index (χ3n) is 6.30. The van der Waals surface area contributed by atoms with Gasteiger partial charge in [-0.1, -0.05) is 90.1 Å². The summed E-state index contributed by atoms with van der Waals surface area (Å²) in [5.41, 5.74) is 4.53. The van der Waals surface area contributed by atoms with Crippen LogP contribution in [0.3, 0.4) is 0 Å². The molecule has 1 N–H and O–H groups in total. The number of sulfonamides is 1. The molecule has 0 atom stereocenters. The summed E-state index contributed by atoms with van der Waals surface area (Å²) in [5, 5.41) is 0. The molecular formula is C28H33NO3S. The van der Waals surface area contributed by atoms with Gasteiger partial charge < -0.3 is 4.74 Å². The van der Waals surface area contributed by atoms with E-state index in [0.717, 1.165) is 22.3 Å². The first-order valence-corrected chi connectivity index (χ1v) is 13.1. The minimum atomic E-state index is -3.84. The van der Waals surface area contributed by atoms with Gasteiger partial charge in [0.2, 0.25) is 10.0 Å². The lowest BCUT2D eigenvalue weighted by Crippen LogP contribution is -2.33. The summed E-state index contributed by atoms with van der Waals surface area (Å²) in [5.74, 6) is 1.81. The van der Waals surface area contributed by atoms with Gasteiger partial charge in [0.05, 0.1) is 10.9 Å². The predicted octanol–water partition coefficient (Wildman–Crippen LogP) is 7.23. The van der Waals surface area contributed by atoms with E-state index in [1.807, 2.05) is 48.5 Å². The fourth-order valence-electron chi connectivity index (χ4n) is 4.45. The fourth-order valence-corrected chi connectivity index (χ4v) is 6.34. The van der Waals surface area contributed by atoms with Crippen molar-refractivity contribution < 1.29 is 13.2 Å². The summed E-state index contributed by atoms with van der Waals surface area (Å²) in [7, 11) is -3.84. The van der Waals surface area contributed by atoms with Crippen molar-refractivity contribution >= 4 is 10.0 Å². The second-order valence-corrected chi connectivity index (χ2v) is 11.4. The molecule has 0 saturated carbocycles. The number of benzene rings is 3. The van der Waals surface area contributed by atoms with Crippen LogP contribution in [0, 0.1) is 0 Å². The second kappa shape index (κ2) is 8.96. The quantitative estimate of drug-likeness (QED) is 0.419. The Morgan fingerprint density at radius 3 is 1.61 bits per heavy atom. The molecule has 0 fully saturated rings. The normalized spacial score (nSPS) is 13.8. The van der Waals surface area contributed by atoms with Crippen LogP contribution in [0.25, 0.3) is 0 Å². The van der Waals surface area contributed by atoms with Gasteiger partial charge in [-0.25, -0.2) is 8.42 Å². The van der Waals surface area contributed by atoms with Crippen molar-refractivity contribution in [2.24, 2.45) is 0 Å². The Labute approximate surface area is 198 Å². The van der Waals surface area contributed by atoms with E-state index in [1.165, 1.54) is 5.56 Å². The van der Waals surface area contributed by atoms with Crippen molar-refractivity contribution in [3.8, 4) is 11.5 Å². The van der Waals surface area contributed by atoms with Gasteiger partial charge in [0, 0.05) is 11.1 Å². The van der Waals surface area contributed by atoms with Gasteiger partial charge in [0.25, 0.3) is 0 Å². The molecule has 1 aliphatic heterocycles. The Hall–Kier alpha value is -2.63. The summed E-state index contributed by atoms with van der Waals surface area (Å²) in [6.07, 6.45) is 0. The van der Waals surface area contributed by atoms with E-state index in [0.29, 0.717) is 22.3 Å². The average molecular weight is 464 g/mol. The molecular weight excluding hydrogens is 430 g/mol. The molecule has 0 amide bonds. The third kappa shape index (κ3) is 4.44. The zero-order valence-electron chi connectivity index (χ0n) is 20.2. The first kappa shape index (κ1) is 23.5. The highest BCUT2D eigenvalue weighted by Crippen LogP contribution is 2.44. The van der Waals surface area contributed by atoms with Crippen molar-refractivity contribution in [2.45, 2.75) is 70.2 Å². The number of para-hydroxylation sites is 2. The lowest BCUT2D eigenvalue weighted by molar-refractivity contribution is 0.440. The van der Waals surface area contributed by atoms with Crippen LogP contribution >= 0.6 is 0 Å².